The van der Waals surface area contributed by atoms with Crippen molar-refractivity contribution in [1.29, 1.82) is 5.26 Å². The standard InChI is InChI=1S/C16H24N2/c1-5-14-7-9-15(10-8-14)18(4)12-6-11-16(2,3)13-17/h7-10H,5-6,11-12H2,1-4H3. The van der Waals surface area contributed by atoms with Crippen LogP contribution in [-0.2, 0) is 6.42 Å². The Balaban J connectivity index is 2.45. The van der Waals surface area contributed by atoms with Gasteiger partial charge in [0.25, 0.3) is 0 Å². The van der Waals surface area contributed by atoms with Crippen molar-refractivity contribution >= 4 is 5.69 Å². The molecule has 0 N–H and O–H groups in total. The van der Waals surface area contributed by atoms with Gasteiger partial charge in [-0.25, -0.2) is 0 Å². The highest BCUT2D eigenvalue weighted by Crippen LogP contribution is 2.22. The van der Waals surface area contributed by atoms with Gasteiger partial charge in [0.1, 0.15) is 0 Å². The van der Waals surface area contributed by atoms with Gasteiger partial charge in [0.2, 0.25) is 0 Å². The summed E-state index contributed by atoms with van der Waals surface area (Å²) in [5, 5.41) is 8.97. The number of nitrogens with zero attached hydrogens (tertiary/aromatic N) is 2. The Labute approximate surface area is 111 Å². The van der Waals surface area contributed by atoms with E-state index in [0.717, 1.165) is 25.8 Å². The molecule has 98 valence electrons. The second kappa shape index (κ2) is 6.44. The monoisotopic (exact) mass is 244 g/mol. The average Bonchev–Trinajstić information content (AvgIpc) is 2.38. The summed E-state index contributed by atoms with van der Waals surface area (Å²) in [6.07, 6.45) is 3.08. The van der Waals surface area contributed by atoms with Crippen LogP contribution >= 0.6 is 0 Å². The molecule has 0 aliphatic carbocycles. The van der Waals surface area contributed by atoms with E-state index in [1.54, 1.807) is 0 Å². The van der Waals surface area contributed by atoms with Gasteiger partial charge in [-0.2, -0.15) is 5.26 Å². The summed E-state index contributed by atoms with van der Waals surface area (Å²) in [6.45, 7) is 7.17. The average molecular weight is 244 g/mol. The third-order valence-electron chi connectivity index (χ3n) is 3.38. The molecule has 0 amide bonds. The lowest BCUT2D eigenvalue weighted by molar-refractivity contribution is 0.436. The molecule has 0 saturated heterocycles. The highest BCUT2D eigenvalue weighted by molar-refractivity contribution is 5.46. The molecule has 0 aliphatic heterocycles. The maximum Gasteiger partial charge on any atom is 0.0683 e. The molecule has 18 heavy (non-hydrogen) atoms. The number of anilines is 1. The Hall–Kier alpha value is -1.49. The van der Waals surface area contributed by atoms with Gasteiger partial charge in [-0.05, 0) is 50.8 Å². The summed E-state index contributed by atoms with van der Waals surface area (Å²) >= 11 is 0. The molecule has 0 aliphatic rings. The number of nitriles is 1. The first-order valence-electron chi connectivity index (χ1n) is 6.70. The van der Waals surface area contributed by atoms with Crippen LogP contribution in [0.15, 0.2) is 24.3 Å². The molecule has 1 aromatic carbocycles. The van der Waals surface area contributed by atoms with E-state index in [4.69, 9.17) is 5.26 Å². The fourth-order valence-electron chi connectivity index (χ4n) is 1.93. The lowest BCUT2D eigenvalue weighted by Crippen LogP contribution is -2.20. The Kier molecular flexibility index (Phi) is 5.22. The fourth-order valence-corrected chi connectivity index (χ4v) is 1.93. The molecule has 0 atom stereocenters. The van der Waals surface area contributed by atoms with Crippen molar-refractivity contribution in [2.45, 2.75) is 40.0 Å². The molecule has 0 bridgehead atoms. The molecule has 0 aromatic heterocycles. The van der Waals surface area contributed by atoms with E-state index in [9.17, 15) is 0 Å². The quantitative estimate of drug-likeness (QED) is 0.756. The van der Waals surface area contributed by atoms with Gasteiger partial charge in [0.15, 0.2) is 0 Å². The zero-order valence-electron chi connectivity index (χ0n) is 12.0. The predicted molar refractivity (Wildman–Crippen MR) is 77.7 cm³/mol. The summed E-state index contributed by atoms with van der Waals surface area (Å²) in [5.74, 6) is 0. The van der Waals surface area contributed by atoms with Gasteiger partial charge in [0.05, 0.1) is 11.5 Å². The smallest absolute Gasteiger partial charge is 0.0683 e. The van der Waals surface area contributed by atoms with E-state index in [1.807, 2.05) is 13.8 Å². The summed E-state index contributed by atoms with van der Waals surface area (Å²) in [5.41, 5.74) is 2.42. The van der Waals surface area contributed by atoms with E-state index in [-0.39, 0.29) is 5.41 Å². The molecular weight excluding hydrogens is 220 g/mol. The summed E-state index contributed by atoms with van der Waals surface area (Å²) in [6, 6.07) is 11.1. The summed E-state index contributed by atoms with van der Waals surface area (Å²) in [7, 11) is 2.11. The third kappa shape index (κ3) is 4.41. The van der Waals surface area contributed by atoms with Crippen LogP contribution < -0.4 is 4.90 Å². The second-order valence-corrected chi connectivity index (χ2v) is 5.54. The second-order valence-electron chi connectivity index (χ2n) is 5.54. The Morgan fingerprint density at radius 3 is 2.33 bits per heavy atom. The minimum atomic E-state index is -0.201. The van der Waals surface area contributed by atoms with Crippen molar-refractivity contribution in [3.63, 3.8) is 0 Å². The van der Waals surface area contributed by atoms with Gasteiger partial charge < -0.3 is 4.90 Å². The number of aryl methyl sites for hydroxylation is 1. The van der Waals surface area contributed by atoms with Crippen molar-refractivity contribution in [3.05, 3.63) is 29.8 Å². The van der Waals surface area contributed by atoms with Crippen molar-refractivity contribution in [2.24, 2.45) is 5.41 Å². The van der Waals surface area contributed by atoms with Gasteiger partial charge in [-0.3, -0.25) is 0 Å². The van der Waals surface area contributed by atoms with E-state index in [2.05, 4.69) is 49.2 Å². The first-order chi connectivity index (χ1) is 8.48. The Morgan fingerprint density at radius 1 is 1.22 bits per heavy atom. The minimum absolute atomic E-state index is 0.201. The van der Waals surface area contributed by atoms with Crippen molar-refractivity contribution in [1.82, 2.24) is 0 Å². The van der Waals surface area contributed by atoms with Crippen molar-refractivity contribution in [3.8, 4) is 6.07 Å². The number of rotatable bonds is 6. The number of hydrogen-bond donors (Lipinski definition) is 0. The molecule has 0 heterocycles. The van der Waals surface area contributed by atoms with Crippen LogP contribution in [0, 0.1) is 16.7 Å². The molecule has 0 radical (unpaired) electrons. The molecule has 0 unspecified atom stereocenters. The van der Waals surface area contributed by atoms with Crippen LogP contribution in [0.3, 0.4) is 0 Å². The molecule has 0 fully saturated rings. The van der Waals surface area contributed by atoms with Gasteiger partial charge in [0, 0.05) is 19.3 Å². The van der Waals surface area contributed by atoms with Crippen LogP contribution in [0.25, 0.3) is 0 Å². The summed E-state index contributed by atoms with van der Waals surface area (Å²) < 4.78 is 0. The van der Waals surface area contributed by atoms with E-state index in [0.29, 0.717) is 0 Å². The molecule has 0 spiro atoms. The zero-order chi connectivity index (χ0) is 13.6. The lowest BCUT2D eigenvalue weighted by atomic mass is 9.90. The predicted octanol–water partition coefficient (Wildman–Crippen LogP) is 4.02. The minimum Gasteiger partial charge on any atom is -0.375 e. The van der Waals surface area contributed by atoms with Crippen molar-refractivity contribution in [2.75, 3.05) is 18.5 Å². The Morgan fingerprint density at radius 2 is 1.83 bits per heavy atom. The van der Waals surface area contributed by atoms with E-state index >= 15 is 0 Å². The van der Waals surface area contributed by atoms with E-state index in [1.165, 1.54) is 11.3 Å². The molecule has 2 nitrogen and oxygen atoms in total. The molecule has 1 rings (SSSR count). The highest BCUT2D eigenvalue weighted by Gasteiger charge is 2.16. The first-order valence-corrected chi connectivity index (χ1v) is 6.70. The maximum absolute atomic E-state index is 8.97. The zero-order valence-corrected chi connectivity index (χ0v) is 12.0. The normalized spacial score (nSPS) is 11.1. The van der Waals surface area contributed by atoms with Crippen LogP contribution in [0.2, 0.25) is 0 Å². The van der Waals surface area contributed by atoms with Crippen LogP contribution in [-0.4, -0.2) is 13.6 Å². The fraction of sp³-hybridized carbons (Fsp3) is 0.562. The van der Waals surface area contributed by atoms with Gasteiger partial charge in [-0.1, -0.05) is 19.1 Å². The topological polar surface area (TPSA) is 27.0 Å². The SMILES string of the molecule is CCc1ccc(N(C)CCCC(C)(C)C#N)cc1. The van der Waals surface area contributed by atoms with Gasteiger partial charge >= 0.3 is 0 Å². The highest BCUT2D eigenvalue weighted by atomic mass is 15.1. The summed E-state index contributed by atoms with van der Waals surface area (Å²) in [4.78, 5) is 2.26. The molecule has 0 saturated carbocycles. The lowest BCUT2D eigenvalue weighted by Gasteiger charge is -2.22. The molecule has 2 heteroatoms. The van der Waals surface area contributed by atoms with E-state index < -0.39 is 0 Å². The Bertz CT molecular complexity index is 398. The molecule has 1 aromatic rings. The molecular formula is C16H24N2. The van der Waals surface area contributed by atoms with Crippen LogP contribution in [0.5, 0.6) is 0 Å². The number of hydrogen-bond acceptors (Lipinski definition) is 2. The maximum atomic E-state index is 8.97. The van der Waals surface area contributed by atoms with Gasteiger partial charge in [-0.15, -0.1) is 0 Å². The first kappa shape index (κ1) is 14.6. The third-order valence-corrected chi connectivity index (χ3v) is 3.38. The van der Waals surface area contributed by atoms with Crippen LogP contribution in [0.1, 0.15) is 39.2 Å². The van der Waals surface area contributed by atoms with Crippen LogP contribution in [0.4, 0.5) is 5.69 Å². The largest absolute Gasteiger partial charge is 0.375 e. The van der Waals surface area contributed by atoms with Crippen molar-refractivity contribution < 1.29 is 0 Å². The number of benzene rings is 1.